The molecule has 1 N–H and O–H groups in total. The highest BCUT2D eigenvalue weighted by molar-refractivity contribution is 7.92. The van der Waals surface area contributed by atoms with Crippen LogP contribution in [0.1, 0.15) is 33.1 Å². The maximum atomic E-state index is 13.8. The number of rotatable bonds is 5. The smallest absolute Gasteiger partial charge is 0.264 e. The van der Waals surface area contributed by atoms with Gasteiger partial charge in [-0.3, -0.25) is 4.72 Å². The summed E-state index contributed by atoms with van der Waals surface area (Å²) in [6.45, 7) is 3.74. The first-order valence-electron chi connectivity index (χ1n) is 9.14. The van der Waals surface area contributed by atoms with Gasteiger partial charge >= 0.3 is 0 Å². The van der Waals surface area contributed by atoms with E-state index in [0.29, 0.717) is 6.07 Å². The molecule has 0 aliphatic carbocycles. The molecule has 6 nitrogen and oxygen atoms in total. The van der Waals surface area contributed by atoms with Gasteiger partial charge in [-0.2, -0.15) is 4.31 Å². The van der Waals surface area contributed by atoms with Crippen LogP contribution >= 0.6 is 0 Å². The van der Waals surface area contributed by atoms with E-state index in [1.165, 1.54) is 28.6 Å². The third-order valence-corrected chi connectivity index (χ3v) is 8.54. The van der Waals surface area contributed by atoms with Crippen LogP contribution in [0.3, 0.4) is 0 Å². The highest BCUT2D eigenvalue weighted by Crippen LogP contribution is 2.30. The normalized spacial score (nSPS) is 21.1. The molecule has 158 valence electrons. The average Bonchev–Trinajstić information content (AvgIpc) is 2.61. The molecule has 0 spiro atoms. The summed E-state index contributed by atoms with van der Waals surface area (Å²) >= 11 is 0. The molecule has 1 saturated heterocycles. The Morgan fingerprint density at radius 2 is 1.52 bits per heavy atom. The molecule has 3 rings (SSSR count). The highest BCUT2D eigenvalue weighted by atomic mass is 32.2. The molecule has 1 heterocycles. The van der Waals surface area contributed by atoms with Crippen molar-refractivity contribution in [2.45, 2.75) is 55.0 Å². The second-order valence-electron chi connectivity index (χ2n) is 7.17. The van der Waals surface area contributed by atoms with Crippen LogP contribution in [0.15, 0.2) is 52.3 Å². The molecule has 2 aromatic carbocycles. The summed E-state index contributed by atoms with van der Waals surface area (Å²) < 4.78 is 81.2. The number of nitrogens with one attached hydrogen (secondary N) is 1. The Balaban J connectivity index is 1.85. The van der Waals surface area contributed by atoms with Crippen LogP contribution in [0.2, 0.25) is 0 Å². The molecule has 0 amide bonds. The van der Waals surface area contributed by atoms with Gasteiger partial charge in [0.1, 0.15) is 16.5 Å². The number of hydrogen-bond donors (Lipinski definition) is 1. The van der Waals surface area contributed by atoms with Crippen molar-refractivity contribution in [3.8, 4) is 0 Å². The third kappa shape index (κ3) is 4.44. The molecule has 2 atom stereocenters. The number of halogens is 2. The zero-order valence-electron chi connectivity index (χ0n) is 16.0. The van der Waals surface area contributed by atoms with E-state index in [2.05, 4.69) is 4.72 Å². The van der Waals surface area contributed by atoms with Crippen molar-refractivity contribution >= 4 is 25.7 Å². The molecule has 0 aromatic heterocycles. The van der Waals surface area contributed by atoms with Crippen molar-refractivity contribution < 1.29 is 25.6 Å². The number of hydrogen-bond acceptors (Lipinski definition) is 4. The van der Waals surface area contributed by atoms with Crippen LogP contribution in [0, 0.1) is 11.6 Å². The summed E-state index contributed by atoms with van der Waals surface area (Å²) in [4.78, 5) is -0.652. The fraction of sp³-hybridized carbons (Fsp3) is 0.368. The quantitative estimate of drug-likeness (QED) is 0.762. The Morgan fingerprint density at radius 3 is 2.07 bits per heavy atom. The highest BCUT2D eigenvalue weighted by Gasteiger charge is 2.35. The molecular formula is C19H22F2N2O4S2. The lowest BCUT2D eigenvalue weighted by molar-refractivity contribution is 0.204. The third-order valence-electron chi connectivity index (χ3n) is 4.98. The van der Waals surface area contributed by atoms with Crippen LogP contribution in [0.4, 0.5) is 14.5 Å². The lowest BCUT2D eigenvalue weighted by Crippen LogP contribution is -2.47. The molecule has 0 radical (unpaired) electrons. The first-order chi connectivity index (χ1) is 13.5. The standard InChI is InChI=1S/C19H22F2N2O4S2/c1-13-4-3-5-14(2)23(13)29(26,27)17-9-7-16(8-10-17)22-28(24,25)19-11-6-15(20)12-18(19)21/h6-14,22H,3-5H2,1-2H3. The second kappa shape index (κ2) is 8.00. The van der Waals surface area contributed by atoms with Crippen LogP contribution in [-0.4, -0.2) is 33.2 Å². The number of sulfonamides is 2. The summed E-state index contributed by atoms with van der Waals surface area (Å²) in [6, 6.07) is 7.11. The van der Waals surface area contributed by atoms with Gasteiger partial charge in [-0.05, 0) is 63.1 Å². The van der Waals surface area contributed by atoms with Crippen molar-refractivity contribution in [3.05, 3.63) is 54.1 Å². The van der Waals surface area contributed by atoms with E-state index in [9.17, 15) is 25.6 Å². The lowest BCUT2D eigenvalue weighted by Gasteiger charge is -2.37. The Labute approximate surface area is 169 Å². The van der Waals surface area contributed by atoms with Gasteiger partial charge in [0.25, 0.3) is 10.0 Å². The summed E-state index contributed by atoms with van der Waals surface area (Å²) in [6.07, 6.45) is 2.53. The van der Waals surface area contributed by atoms with Crippen LogP contribution in [-0.2, 0) is 20.0 Å². The van der Waals surface area contributed by atoms with Crippen molar-refractivity contribution in [1.29, 1.82) is 0 Å². The number of anilines is 1. The first-order valence-corrected chi connectivity index (χ1v) is 12.1. The Morgan fingerprint density at radius 1 is 0.931 bits per heavy atom. The van der Waals surface area contributed by atoms with E-state index >= 15 is 0 Å². The summed E-state index contributed by atoms with van der Waals surface area (Å²) in [5, 5.41) is 0. The van der Waals surface area contributed by atoms with Gasteiger partial charge in [0.15, 0.2) is 0 Å². The van der Waals surface area contributed by atoms with Gasteiger partial charge in [0.2, 0.25) is 10.0 Å². The average molecular weight is 445 g/mol. The van der Waals surface area contributed by atoms with Crippen LogP contribution in [0.25, 0.3) is 0 Å². The molecule has 1 fully saturated rings. The van der Waals surface area contributed by atoms with Gasteiger partial charge in [-0.15, -0.1) is 0 Å². The fourth-order valence-corrected chi connectivity index (χ4v) is 6.59. The Hall–Kier alpha value is -2.04. The molecule has 10 heteroatoms. The van der Waals surface area contributed by atoms with Crippen LogP contribution < -0.4 is 4.72 Å². The summed E-state index contributed by atoms with van der Waals surface area (Å²) in [5.41, 5.74) is 0.0624. The predicted octanol–water partition coefficient (Wildman–Crippen LogP) is 3.72. The molecule has 0 saturated carbocycles. The van der Waals surface area contributed by atoms with E-state index in [-0.39, 0.29) is 22.7 Å². The fourth-order valence-electron chi connectivity index (χ4n) is 3.59. The monoisotopic (exact) mass is 444 g/mol. The second-order valence-corrected chi connectivity index (χ2v) is 10.7. The number of nitrogens with zero attached hydrogens (tertiary/aromatic N) is 1. The topological polar surface area (TPSA) is 83.6 Å². The SMILES string of the molecule is CC1CCCC(C)N1S(=O)(=O)c1ccc(NS(=O)(=O)c2ccc(F)cc2F)cc1. The molecule has 2 aromatic rings. The van der Waals surface area contributed by atoms with E-state index in [1.807, 2.05) is 13.8 Å². The van der Waals surface area contributed by atoms with Crippen LogP contribution in [0.5, 0.6) is 0 Å². The molecule has 1 aliphatic heterocycles. The van der Waals surface area contributed by atoms with Crippen molar-refractivity contribution in [1.82, 2.24) is 4.31 Å². The summed E-state index contributed by atoms with van der Waals surface area (Å²) in [5.74, 6) is -2.11. The van der Waals surface area contributed by atoms with E-state index < -0.39 is 36.6 Å². The minimum absolute atomic E-state index is 0.0500. The molecule has 1 aliphatic rings. The minimum atomic E-state index is -4.30. The maximum absolute atomic E-state index is 13.8. The van der Waals surface area contributed by atoms with E-state index in [0.717, 1.165) is 31.4 Å². The predicted molar refractivity (Wildman–Crippen MR) is 105 cm³/mol. The van der Waals surface area contributed by atoms with Gasteiger partial charge in [-0.25, -0.2) is 25.6 Å². The first kappa shape index (κ1) is 21.7. The summed E-state index contributed by atoms with van der Waals surface area (Å²) in [7, 11) is -8.03. The van der Waals surface area contributed by atoms with Gasteiger partial charge < -0.3 is 0 Å². The molecule has 0 bridgehead atoms. The largest absolute Gasteiger partial charge is 0.280 e. The van der Waals surface area contributed by atoms with E-state index in [4.69, 9.17) is 0 Å². The Bertz CT molecular complexity index is 1090. The Kier molecular flexibility index (Phi) is 5.98. The lowest BCUT2D eigenvalue weighted by atomic mass is 10.0. The van der Waals surface area contributed by atoms with Gasteiger partial charge in [-0.1, -0.05) is 6.42 Å². The molecule has 29 heavy (non-hydrogen) atoms. The minimum Gasteiger partial charge on any atom is -0.280 e. The zero-order valence-corrected chi connectivity index (χ0v) is 17.6. The van der Waals surface area contributed by atoms with E-state index in [1.54, 1.807) is 0 Å². The van der Waals surface area contributed by atoms with Gasteiger partial charge in [0.05, 0.1) is 4.90 Å². The van der Waals surface area contributed by atoms with Gasteiger partial charge in [0, 0.05) is 23.8 Å². The molecular weight excluding hydrogens is 422 g/mol. The maximum Gasteiger partial charge on any atom is 0.264 e. The molecule has 2 unspecified atom stereocenters. The number of piperidine rings is 1. The zero-order chi connectivity index (χ0) is 21.4. The number of benzene rings is 2. The van der Waals surface area contributed by atoms with Crippen molar-refractivity contribution in [2.75, 3.05) is 4.72 Å². The van der Waals surface area contributed by atoms with Crippen molar-refractivity contribution in [3.63, 3.8) is 0 Å². The van der Waals surface area contributed by atoms with Crippen molar-refractivity contribution in [2.24, 2.45) is 0 Å².